The molecule has 0 radical (unpaired) electrons. The number of nitrogens with one attached hydrogen (secondary N) is 1. The molecular weight excluding hydrogens is 446 g/mol. The van der Waals surface area contributed by atoms with Gasteiger partial charge in [0.1, 0.15) is 12.2 Å². The zero-order valence-electron chi connectivity index (χ0n) is 19.5. The van der Waals surface area contributed by atoms with Crippen LogP contribution in [0.3, 0.4) is 0 Å². The third-order valence-corrected chi connectivity index (χ3v) is 7.67. The summed E-state index contributed by atoms with van der Waals surface area (Å²) in [4.78, 5) is 30.7. The van der Waals surface area contributed by atoms with Gasteiger partial charge in [-0.15, -0.1) is 5.10 Å². The molecule has 2 aromatic heterocycles. The van der Waals surface area contributed by atoms with E-state index in [1.54, 1.807) is 9.42 Å². The summed E-state index contributed by atoms with van der Waals surface area (Å²) >= 11 is 0. The van der Waals surface area contributed by atoms with Crippen LogP contribution in [-0.4, -0.2) is 49.7 Å². The molecule has 1 aromatic carbocycles. The van der Waals surface area contributed by atoms with Gasteiger partial charge >= 0.3 is 6.09 Å². The van der Waals surface area contributed by atoms with Crippen LogP contribution in [0.15, 0.2) is 48.5 Å². The standard InChI is InChI=1S/C26H29N5O4/c32-22(19-9-10-19)28-23-27-21-8-4-7-20(31(21)29-23)26(34)13-11-25(12-14-26)16-30(17-25)24(33)35-15-18-5-2-1-3-6-18/h1-8,19,34H,9-17H2,(H,28,29,32). The van der Waals surface area contributed by atoms with E-state index in [0.717, 1.165) is 31.2 Å². The molecule has 182 valence electrons. The molecule has 0 unspecified atom stereocenters. The van der Waals surface area contributed by atoms with Crippen molar-refractivity contribution >= 4 is 23.6 Å². The Hall–Kier alpha value is -3.46. The van der Waals surface area contributed by atoms with E-state index in [1.165, 1.54) is 0 Å². The molecule has 2 aliphatic carbocycles. The molecule has 2 amide bonds. The number of aromatic nitrogens is 3. The Morgan fingerprint density at radius 2 is 1.77 bits per heavy atom. The van der Waals surface area contributed by atoms with Crippen LogP contribution in [0.2, 0.25) is 0 Å². The van der Waals surface area contributed by atoms with Crippen molar-refractivity contribution in [2.45, 2.75) is 50.7 Å². The van der Waals surface area contributed by atoms with Crippen molar-refractivity contribution in [3.8, 4) is 0 Å². The number of carbonyl (C=O) groups excluding carboxylic acids is 2. The first-order valence-electron chi connectivity index (χ1n) is 12.3. The Labute approximate surface area is 203 Å². The summed E-state index contributed by atoms with van der Waals surface area (Å²) in [6.07, 6.45) is 4.30. The number of benzene rings is 1. The van der Waals surface area contributed by atoms with Crippen LogP contribution in [0.5, 0.6) is 0 Å². The smallest absolute Gasteiger partial charge is 0.410 e. The van der Waals surface area contributed by atoms with Crippen LogP contribution in [-0.2, 0) is 21.7 Å². The maximum absolute atomic E-state index is 12.5. The first kappa shape index (κ1) is 22.0. The number of anilines is 1. The molecule has 3 fully saturated rings. The topological polar surface area (TPSA) is 109 Å². The highest BCUT2D eigenvalue weighted by Gasteiger charge is 2.51. The molecule has 0 bridgehead atoms. The van der Waals surface area contributed by atoms with Gasteiger partial charge < -0.3 is 14.7 Å². The van der Waals surface area contributed by atoms with Gasteiger partial charge in [-0.2, -0.15) is 4.98 Å². The van der Waals surface area contributed by atoms with Crippen molar-refractivity contribution in [1.82, 2.24) is 19.5 Å². The fraction of sp³-hybridized carbons (Fsp3) is 0.462. The van der Waals surface area contributed by atoms with Gasteiger partial charge in [0, 0.05) is 24.4 Å². The normalized spacial score (nSPS) is 20.4. The second kappa shape index (κ2) is 8.34. The van der Waals surface area contributed by atoms with E-state index in [9.17, 15) is 14.7 Å². The lowest BCUT2D eigenvalue weighted by atomic mass is 9.64. The number of hydrogen-bond donors (Lipinski definition) is 2. The molecule has 0 atom stereocenters. The van der Waals surface area contributed by atoms with E-state index < -0.39 is 5.60 Å². The van der Waals surface area contributed by atoms with Crippen LogP contribution in [0, 0.1) is 11.3 Å². The summed E-state index contributed by atoms with van der Waals surface area (Å²) < 4.78 is 7.11. The molecule has 3 aliphatic rings. The molecule has 6 rings (SSSR count). The molecule has 2 saturated carbocycles. The third-order valence-electron chi connectivity index (χ3n) is 7.67. The summed E-state index contributed by atoms with van der Waals surface area (Å²) in [5, 5.41) is 18.9. The van der Waals surface area contributed by atoms with Gasteiger partial charge in [0.15, 0.2) is 5.65 Å². The quantitative estimate of drug-likeness (QED) is 0.585. The average Bonchev–Trinajstić information content (AvgIpc) is 3.62. The van der Waals surface area contributed by atoms with Gasteiger partial charge in [0.05, 0.1) is 5.69 Å². The third kappa shape index (κ3) is 4.25. The zero-order valence-corrected chi connectivity index (χ0v) is 19.5. The molecule has 1 saturated heterocycles. The SMILES string of the molecule is O=C(Nc1nc2cccc(C3(O)CCC4(CC3)CN(C(=O)OCc3ccccc3)C4)n2n1)C1CC1. The van der Waals surface area contributed by atoms with Crippen molar-refractivity contribution in [2.24, 2.45) is 11.3 Å². The van der Waals surface area contributed by atoms with Crippen LogP contribution in [0.4, 0.5) is 10.7 Å². The zero-order chi connectivity index (χ0) is 24.0. The first-order chi connectivity index (χ1) is 16.9. The highest BCUT2D eigenvalue weighted by atomic mass is 16.6. The highest BCUT2D eigenvalue weighted by molar-refractivity contribution is 5.92. The molecule has 35 heavy (non-hydrogen) atoms. The molecule has 3 aromatic rings. The first-order valence-corrected chi connectivity index (χ1v) is 12.3. The summed E-state index contributed by atoms with van der Waals surface area (Å²) in [7, 11) is 0. The Bertz CT molecular complexity index is 1250. The monoisotopic (exact) mass is 475 g/mol. The fourth-order valence-corrected chi connectivity index (χ4v) is 5.34. The lowest BCUT2D eigenvalue weighted by molar-refractivity contribution is -0.117. The predicted molar refractivity (Wildman–Crippen MR) is 127 cm³/mol. The lowest BCUT2D eigenvalue weighted by Crippen LogP contribution is -2.60. The molecule has 3 heterocycles. The number of fused-ring (bicyclic) bond motifs is 1. The number of nitrogens with zero attached hydrogens (tertiary/aromatic N) is 4. The highest BCUT2D eigenvalue weighted by Crippen LogP contribution is 2.50. The Kier molecular flexibility index (Phi) is 5.25. The number of amides is 2. The summed E-state index contributed by atoms with van der Waals surface area (Å²) in [6.45, 7) is 1.58. The lowest BCUT2D eigenvalue weighted by Gasteiger charge is -2.54. The summed E-state index contributed by atoms with van der Waals surface area (Å²) in [5.74, 6) is 0.295. The van der Waals surface area contributed by atoms with Crippen molar-refractivity contribution in [2.75, 3.05) is 18.4 Å². The van der Waals surface area contributed by atoms with Gasteiger partial charge in [0.2, 0.25) is 11.9 Å². The van der Waals surface area contributed by atoms with E-state index in [0.29, 0.717) is 37.3 Å². The fourth-order valence-electron chi connectivity index (χ4n) is 5.34. The average molecular weight is 476 g/mol. The van der Waals surface area contributed by atoms with Gasteiger partial charge in [-0.05, 0) is 56.2 Å². The second-order valence-electron chi connectivity index (χ2n) is 10.3. The van der Waals surface area contributed by atoms with E-state index >= 15 is 0 Å². The molecular formula is C26H29N5O4. The minimum Gasteiger partial charge on any atom is -0.445 e. The van der Waals surface area contributed by atoms with Gasteiger partial charge in [-0.3, -0.25) is 10.1 Å². The maximum atomic E-state index is 12.5. The Morgan fingerprint density at radius 3 is 2.49 bits per heavy atom. The molecule has 1 aliphatic heterocycles. The summed E-state index contributed by atoms with van der Waals surface area (Å²) in [6, 6.07) is 15.2. The number of aliphatic hydroxyl groups is 1. The van der Waals surface area contributed by atoms with E-state index in [1.807, 2.05) is 48.5 Å². The number of likely N-dealkylation sites (tertiary alicyclic amines) is 1. The number of carbonyl (C=O) groups is 2. The van der Waals surface area contributed by atoms with E-state index in [4.69, 9.17) is 4.74 Å². The number of ether oxygens (including phenoxy) is 1. The molecule has 9 heteroatoms. The van der Waals surface area contributed by atoms with Gasteiger partial charge in [-0.1, -0.05) is 36.4 Å². The van der Waals surface area contributed by atoms with Crippen LogP contribution in [0.1, 0.15) is 49.8 Å². The van der Waals surface area contributed by atoms with Crippen molar-refractivity contribution in [1.29, 1.82) is 0 Å². The predicted octanol–water partition coefficient (Wildman–Crippen LogP) is 3.48. The Morgan fingerprint density at radius 1 is 1.03 bits per heavy atom. The van der Waals surface area contributed by atoms with Crippen LogP contribution in [0.25, 0.3) is 5.65 Å². The number of hydrogen-bond acceptors (Lipinski definition) is 6. The van der Waals surface area contributed by atoms with Gasteiger partial charge in [0.25, 0.3) is 0 Å². The number of rotatable bonds is 5. The minimum atomic E-state index is -1.04. The second-order valence-corrected chi connectivity index (χ2v) is 10.3. The molecule has 2 N–H and O–H groups in total. The van der Waals surface area contributed by atoms with E-state index in [-0.39, 0.29) is 35.9 Å². The number of pyridine rings is 1. The van der Waals surface area contributed by atoms with Crippen LogP contribution < -0.4 is 5.32 Å². The Balaban J connectivity index is 1.08. The maximum Gasteiger partial charge on any atom is 0.410 e. The van der Waals surface area contributed by atoms with Crippen molar-refractivity contribution in [3.63, 3.8) is 0 Å². The molecule has 1 spiro atoms. The summed E-state index contributed by atoms with van der Waals surface area (Å²) in [5.41, 5.74) is 1.24. The van der Waals surface area contributed by atoms with E-state index in [2.05, 4.69) is 15.4 Å². The largest absolute Gasteiger partial charge is 0.445 e. The van der Waals surface area contributed by atoms with Crippen molar-refractivity contribution < 1.29 is 19.4 Å². The van der Waals surface area contributed by atoms with Crippen molar-refractivity contribution in [3.05, 3.63) is 59.8 Å². The minimum absolute atomic E-state index is 0.0255. The van der Waals surface area contributed by atoms with Crippen LogP contribution >= 0.6 is 0 Å². The van der Waals surface area contributed by atoms with Gasteiger partial charge in [-0.25, -0.2) is 9.31 Å². The molecule has 9 nitrogen and oxygen atoms in total.